The van der Waals surface area contributed by atoms with E-state index in [-0.39, 0.29) is 0 Å². The Labute approximate surface area is 94.5 Å². The molecule has 0 saturated carbocycles. The Hall–Kier alpha value is -1.03. The first-order valence-electron chi connectivity index (χ1n) is 6.10. The highest BCUT2D eigenvalue weighted by atomic mass is 14.2. The van der Waals surface area contributed by atoms with Crippen molar-refractivity contribution in [2.45, 2.75) is 58.3 Å². The van der Waals surface area contributed by atoms with Gasteiger partial charge in [0, 0.05) is 6.42 Å². The van der Waals surface area contributed by atoms with Crippen LogP contribution in [0, 0.1) is 11.3 Å². The zero-order valence-corrected chi connectivity index (χ0v) is 9.91. The molecule has 15 heavy (non-hydrogen) atoms. The number of nitrogens with zero attached hydrogens (tertiary/aromatic N) is 1. The first-order chi connectivity index (χ1) is 7.41. The molecule has 0 saturated heterocycles. The normalized spacial score (nSPS) is 11.2. The Kier molecular flexibility index (Phi) is 12.1. The van der Waals surface area contributed by atoms with E-state index in [0.717, 1.165) is 12.8 Å². The fourth-order valence-electron chi connectivity index (χ4n) is 1.34. The number of unbranched alkanes of at least 4 members (excludes halogenated alkanes) is 6. The van der Waals surface area contributed by atoms with Gasteiger partial charge in [0.05, 0.1) is 6.07 Å². The van der Waals surface area contributed by atoms with Gasteiger partial charge in [0.15, 0.2) is 0 Å². The molecule has 0 fully saturated rings. The molecule has 1 heteroatoms. The first kappa shape index (κ1) is 14.0. The monoisotopic (exact) mass is 205 g/mol. The fraction of sp³-hybridized carbons (Fsp3) is 0.643. The van der Waals surface area contributed by atoms with E-state index in [9.17, 15) is 0 Å². The van der Waals surface area contributed by atoms with Crippen LogP contribution in [0.2, 0.25) is 0 Å². The molecule has 0 unspecified atom stereocenters. The molecule has 0 aliphatic heterocycles. The quantitative estimate of drug-likeness (QED) is 0.393. The third-order valence-corrected chi connectivity index (χ3v) is 2.27. The Morgan fingerprint density at radius 2 is 1.60 bits per heavy atom. The highest BCUT2D eigenvalue weighted by Crippen LogP contribution is 2.03. The maximum absolute atomic E-state index is 8.32. The predicted molar refractivity (Wildman–Crippen MR) is 66.5 cm³/mol. The second-order valence-electron chi connectivity index (χ2n) is 3.76. The van der Waals surface area contributed by atoms with Crippen LogP contribution in [0.5, 0.6) is 0 Å². The van der Waals surface area contributed by atoms with E-state index in [1.54, 1.807) is 0 Å². The lowest BCUT2D eigenvalue weighted by molar-refractivity contribution is 0.674. The zero-order chi connectivity index (χ0) is 11.2. The molecule has 0 radical (unpaired) electrons. The van der Waals surface area contributed by atoms with Crippen LogP contribution in [0.3, 0.4) is 0 Å². The Balaban J connectivity index is 3.19. The van der Waals surface area contributed by atoms with Crippen LogP contribution >= 0.6 is 0 Å². The molecule has 84 valence electrons. The molecule has 0 aromatic carbocycles. The average molecular weight is 205 g/mol. The summed E-state index contributed by atoms with van der Waals surface area (Å²) in [7, 11) is 0. The minimum Gasteiger partial charge on any atom is -0.198 e. The molecule has 0 heterocycles. The van der Waals surface area contributed by atoms with Gasteiger partial charge in [0.25, 0.3) is 0 Å². The summed E-state index contributed by atoms with van der Waals surface area (Å²) in [6.07, 6.45) is 17.8. The maximum atomic E-state index is 8.32. The van der Waals surface area contributed by atoms with Gasteiger partial charge >= 0.3 is 0 Å². The van der Waals surface area contributed by atoms with Crippen molar-refractivity contribution in [1.29, 1.82) is 5.26 Å². The van der Waals surface area contributed by atoms with Gasteiger partial charge in [-0.2, -0.15) is 5.26 Å². The summed E-state index contributed by atoms with van der Waals surface area (Å²) in [6, 6.07) is 2.15. The smallest absolute Gasteiger partial charge is 0.0621 e. The average Bonchev–Trinajstić information content (AvgIpc) is 2.26. The van der Waals surface area contributed by atoms with Crippen LogP contribution in [0.15, 0.2) is 24.3 Å². The topological polar surface area (TPSA) is 23.8 Å². The second kappa shape index (κ2) is 13.0. The van der Waals surface area contributed by atoms with Gasteiger partial charge in [-0.25, -0.2) is 0 Å². The summed E-state index contributed by atoms with van der Waals surface area (Å²) in [6.45, 7) is 2.24. The van der Waals surface area contributed by atoms with Gasteiger partial charge in [0.2, 0.25) is 0 Å². The van der Waals surface area contributed by atoms with Crippen molar-refractivity contribution in [3.8, 4) is 6.07 Å². The lowest BCUT2D eigenvalue weighted by atomic mass is 10.1. The molecule has 0 spiro atoms. The number of nitriles is 1. The SMILES string of the molecule is CCCCCC/C=C\C=C\CCCC#N. The van der Waals surface area contributed by atoms with Gasteiger partial charge in [-0.3, -0.25) is 0 Å². The van der Waals surface area contributed by atoms with Crippen LogP contribution in [0.25, 0.3) is 0 Å². The summed E-state index contributed by atoms with van der Waals surface area (Å²) in [4.78, 5) is 0. The highest BCUT2D eigenvalue weighted by Gasteiger charge is 1.83. The van der Waals surface area contributed by atoms with E-state index >= 15 is 0 Å². The molecule has 0 aromatic rings. The van der Waals surface area contributed by atoms with Gasteiger partial charge in [0.1, 0.15) is 0 Å². The summed E-state index contributed by atoms with van der Waals surface area (Å²) in [5.41, 5.74) is 0. The molecule has 0 N–H and O–H groups in total. The van der Waals surface area contributed by atoms with Crippen molar-refractivity contribution in [3.05, 3.63) is 24.3 Å². The molecule has 0 aliphatic carbocycles. The summed E-state index contributed by atoms with van der Waals surface area (Å²) in [5.74, 6) is 0. The summed E-state index contributed by atoms with van der Waals surface area (Å²) in [5, 5.41) is 8.32. The Bertz CT molecular complexity index is 208. The lowest BCUT2D eigenvalue weighted by Gasteiger charge is -1.92. The minimum absolute atomic E-state index is 0.672. The third kappa shape index (κ3) is 13.0. The third-order valence-electron chi connectivity index (χ3n) is 2.27. The molecular weight excluding hydrogens is 182 g/mol. The summed E-state index contributed by atoms with van der Waals surface area (Å²) < 4.78 is 0. The van der Waals surface area contributed by atoms with Gasteiger partial charge in [-0.15, -0.1) is 0 Å². The number of hydrogen-bond acceptors (Lipinski definition) is 1. The molecule has 0 rings (SSSR count). The minimum atomic E-state index is 0.672. The van der Waals surface area contributed by atoms with E-state index in [1.807, 2.05) is 0 Å². The van der Waals surface area contributed by atoms with Crippen molar-refractivity contribution in [2.24, 2.45) is 0 Å². The van der Waals surface area contributed by atoms with Gasteiger partial charge in [-0.1, -0.05) is 50.5 Å². The molecule has 0 aliphatic rings. The van der Waals surface area contributed by atoms with Crippen LogP contribution in [-0.4, -0.2) is 0 Å². The number of allylic oxidation sites excluding steroid dienone is 4. The van der Waals surface area contributed by atoms with Crippen molar-refractivity contribution in [1.82, 2.24) is 0 Å². The number of hydrogen-bond donors (Lipinski definition) is 0. The van der Waals surface area contributed by atoms with E-state index < -0.39 is 0 Å². The van der Waals surface area contributed by atoms with Crippen LogP contribution in [0.1, 0.15) is 58.3 Å². The van der Waals surface area contributed by atoms with E-state index in [4.69, 9.17) is 5.26 Å². The lowest BCUT2D eigenvalue weighted by Crippen LogP contribution is -1.73. The zero-order valence-electron chi connectivity index (χ0n) is 9.91. The van der Waals surface area contributed by atoms with Gasteiger partial charge in [-0.05, 0) is 25.7 Å². The van der Waals surface area contributed by atoms with Crippen LogP contribution in [0.4, 0.5) is 0 Å². The number of rotatable bonds is 9. The summed E-state index contributed by atoms with van der Waals surface area (Å²) >= 11 is 0. The van der Waals surface area contributed by atoms with E-state index in [0.29, 0.717) is 6.42 Å². The largest absolute Gasteiger partial charge is 0.198 e. The predicted octanol–water partition coefficient (Wildman–Crippen LogP) is 4.76. The standard InChI is InChI=1S/C14H23N/c1-2-3-4-5-6-7-8-9-10-11-12-13-14-15/h7-10H,2-6,11-13H2,1H3/b8-7-,10-9+. The van der Waals surface area contributed by atoms with Gasteiger partial charge < -0.3 is 0 Å². The first-order valence-corrected chi connectivity index (χ1v) is 6.10. The highest BCUT2D eigenvalue weighted by molar-refractivity contribution is 5.02. The second-order valence-corrected chi connectivity index (χ2v) is 3.76. The molecule has 0 atom stereocenters. The maximum Gasteiger partial charge on any atom is 0.0621 e. The van der Waals surface area contributed by atoms with Crippen LogP contribution in [-0.2, 0) is 0 Å². The van der Waals surface area contributed by atoms with Crippen LogP contribution < -0.4 is 0 Å². The van der Waals surface area contributed by atoms with E-state index in [1.165, 1.54) is 32.1 Å². The molecule has 0 aromatic heterocycles. The van der Waals surface area contributed by atoms with Crippen molar-refractivity contribution in [2.75, 3.05) is 0 Å². The molecule has 0 bridgehead atoms. The fourth-order valence-corrected chi connectivity index (χ4v) is 1.34. The van der Waals surface area contributed by atoms with Crippen molar-refractivity contribution in [3.63, 3.8) is 0 Å². The molecule has 1 nitrogen and oxygen atoms in total. The van der Waals surface area contributed by atoms with Crippen molar-refractivity contribution < 1.29 is 0 Å². The Morgan fingerprint density at radius 3 is 2.20 bits per heavy atom. The molecular formula is C14H23N. The molecule has 0 amide bonds. The van der Waals surface area contributed by atoms with E-state index in [2.05, 4.69) is 37.3 Å². The Morgan fingerprint density at radius 1 is 0.933 bits per heavy atom. The van der Waals surface area contributed by atoms with Crippen molar-refractivity contribution >= 4 is 0 Å².